The third-order valence-electron chi connectivity index (χ3n) is 4.15. The van der Waals surface area contributed by atoms with Crippen LogP contribution < -0.4 is 10.2 Å². The highest BCUT2D eigenvalue weighted by Gasteiger charge is 2.36. The lowest BCUT2D eigenvalue weighted by Gasteiger charge is -2.26. The second-order valence-corrected chi connectivity index (χ2v) is 6.47. The summed E-state index contributed by atoms with van der Waals surface area (Å²) in [6.45, 7) is 8.51. The average molecular weight is 288 g/mol. The Bertz CT molecular complexity index is 551. The Balaban J connectivity index is 2.08. The molecule has 0 saturated carbocycles. The lowest BCUT2D eigenvalue weighted by Crippen LogP contribution is -2.46. The first-order valence-corrected chi connectivity index (χ1v) is 7.51. The zero-order chi connectivity index (χ0) is 15.6. The van der Waals surface area contributed by atoms with E-state index in [1.54, 1.807) is 4.90 Å². The predicted octanol–water partition coefficient (Wildman–Crippen LogP) is 2.65. The van der Waals surface area contributed by atoms with E-state index in [9.17, 15) is 9.59 Å². The number of nitrogens with zero attached hydrogens (tertiary/aromatic N) is 1. The summed E-state index contributed by atoms with van der Waals surface area (Å²) in [5.74, 6) is -0.260. The number of aryl methyl sites for hydroxylation is 1. The molecule has 0 aliphatic carbocycles. The first kappa shape index (κ1) is 15.5. The van der Waals surface area contributed by atoms with Crippen molar-refractivity contribution in [1.29, 1.82) is 0 Å². The summed E-state index contributed by atoms with van der Waals surface area (Å²) in [6, 6.07) is 7.83. The Labute approximate surface area is 126 Å². The van der Waals surface area contributed by atoms with Crippen LogP contribution in [0.5, 0.6) is 0 Å². The maximum Gasteiger partial charge on any atom is 0.227 e. The Morgan fingerprint density at radius 3 is 2.76 bits per heavy atom. The fourth-order valence-corrected chi connectivity index (χ4v) is 2.45. The highest BCUT2D eigenvalue weighted by molar-refractivity contribution is 6.00. The lowest BCUT2D eigenvalue weighted by atomic mass is 9.99. The lowest BCUT2D eigenvalue weighted by molar-refractivity contribution is -0.127. The van der Waals surface area contributed by atoms with E-state index in [4.69, 9.17) is 0 Å². The van der Waals surface area contributed by atoms with Crippen LogP contribution in [0.2, 0.25) is 0 Å². The Morgan fingerprint density at radius 1 is 1.43 bits per heavy atom. The molecule has 0 spiro atoms. The average Bonchev–Trinajstić information content (AvgIpc) is 2.80. The number of carbonyl (C=O) groups is 2. The van der Waals surface area contributed by atoms with E-state index in [-0.39, 0.29) is 23.3 Å². The van der Waals surface area contributed by atoms with Crippen molar-refractivity contribution in [2.24, 2.45) is 5.92 Å². The molecule has 0 aromatic heterocycles. The van der Waals surface area contributed by atoms with Crippen LogP contribution >= 0.6 is 0 Å². The van der Waals surface area contributed by atoms with Crippen molar-refractivity contribution in [2.75, 3.05) is 11.4 Å². The van der Waals surface area contributed by atoms with Gasteiger partial charge in [0.1, 0.15) is 0 Å². The molecule has 1 aromatic carbocycles. The molecule has 114 valence electrons. The number of carbonyl (C=O) groups excluding carboxylic acids is 2. The number of nitrogens with one attached hydrogen (secondary N) is 1. The van der Waals surface area contributed by atoms with Crippen molar-refractivity contribution < 1.29 is 9.59 Å². The number of hydrogen-bond acceptors (Lipinski definition) is 2. The first-order chi connectivity index (χ1) is 9.82. The molecule has 2 amide bonds. The van der Waals surface area contributed by atoms with Gasteiger partial charge >= 0.3 is 0 Å². The van der Waals surface area contributed by atoms with Gasteiger partial charge in [-0.05, 0) is 44.9 Å². The van der Waals surface area contributed by atoms with E-state index in [0.717, 1.165) is 17.7 Å². The molecular formula is C17H24N2O2. The van der Waals surface area contributed by atoms with Crippen molar-refractivity contribution in [3.05, 3.63) is 29.8 Å². The SMILES string of the molecule is CCC(C)(C)NC(=O)[C@@H]1CC(=O)N(c2cccc(C)c2)C1. The van der Waals surface area contributed by atoms with Crippen molar-refractivity contribution >= 4 is 17.5 Å². The minimum Gasteiger partial charge on any atom is -0.351 e. The molecule has 1 N–H and O–H groups in total. The Kier molecular flexibility index (Phi) is 4.35. The first-order valence-electron chi connectivity index (χ1n) is 7.51. The van der Waals surface area contributed by atoms with E-state index in [1.165, 1.54) is 0 Å². The molecule has 1 fully saturated rings. The van der Waals surface area contributed by atoms with E-state index in [0.29, 0.717) is 13.0 Å². The summed E-state index contributed by atoms with van der Waals surface area (Å²) in [6.07, 6.45) is 1.15. The number of benzene rings is 1. The number of anilines is 1. The summed E-state index contributed by atoms with van der Waals surface area (Å²) in [4.78, 5) is 26.2. The molecule has 4 heteroatoms. The third-order valence-corrected chi connectivity index (χ3v) is 4.15. The van der Waals surface area contributed by atoms with Crippen LogP contribution in [0, 0.1) is 12.8 Å². The van der Waals surface area contributed by atoms with E-state index in [1.807, 2.05) is 52.0 Å². The predicted molar refractivity (Wildman–Crippen MR) is 84.2 cm³/mol. The largest absolute Gasteiger partial charge is 0.351 e. The fraction of sp³-hybridized carbons (Fsp3) is 0.529. The van der Waals surface area contributed by atoms with Crippen molar-refractivity contribution in [3.63, 3.8) is 0 Å². The summed E-state index contributed by atoms with van der Waals surface area (Å²) in [7, 11) is 0. The molecule has 0 radical (unpaired) electrons. The molecule has 1 atom stereocenters. The summed E-state index contributed by atoms with van der Waals surface area (Å²) in [5.41, 5.74) is 1.77. The van der Waals surface area contributed by atoms with Crippen molar-refractivity contribution in [1.82, 2.24) is 5.32 Å². The van der Waals surface area contributed by atoms with E-state index in [2.05, 4.69) is 5.32 Å². The highest BCUT2D eigenvalue weighted by Crippen LogP contribution is 2.26. The van der Waals surface area contributed by atoms with Gasteiger partial charge in [0.2, 0.25) is 11.8 Å². The van der Waals surface area contributed by atoms with Crippen LogP contribution in [-0.2, 0) is 9.59 Å². The van der Waals surface area contributed by atoms with Crippen LogP contribution in [0.1, 0.15) is 39.2 Å². The van der Waals surface area contributed by atoms with Crippen LogP contribution in [-0.4, -0.2) is 23.9 Å². The molecule has 4 nitrogen and oxygen atoms in total. The van der Waals surface area contributed by atoms with Gasteiger partial charge in [0, 0.05) is 24.2 Å². The number of amides is 2. The second kappa shape index (κ2) is 5.88. The van der Waals surface area contributed by atoms with Gasteiger partial charge in [-0.1, -0.05) is 19.1 Å². The number of rotatable bonds is 4. The van der Waals surface area contributed by atoms with Gasteiger partial charge in [-0.25, -0.2) is 0 Å². The van der Waals surface area contributed by atoms with Crippen LogP contribution in [0.3, 0.4) is 0 Å². The maximum absolute atomic E-state index is 12.3. The van der Waals surface area contributed by atoms with Gasteiger partial charge in [0.05, 0.1) is 5.92 Å². The van der Waals surface area contributed by atoms with Crippen LogP contribution in [0.25, 0.3) is 0 Å². The zero-order valence-corrected chi connectivity index (χ0v) is 13.3. The zero-order valence-electron chi connectivity index (χ0n) is 13.3. The molecule has 1 aliphatic rings. The summed E-state index contributed by atoms with van der Waals surface area (Å²) < 4.78 is 0. The van der Waals surface area contributed by atoms with Crippen molar-refractivity contribution in [3.8, 4) is 0 Å². The highest BCUT2D eigenvalue weighted by atomic mass is 16.2. The standard InChI is InChI=1S/C17H24N2O2/c1-5-17(3,4)18-16(21)13-10-15(20)19(11-13)14-8-6-7-12(2)9-14/h6-9,13H,5,10-11H2,1-4H3,(H,18,21)/t13-/m1/s1. The molecule has 1 aromatic rings. The van der Waals surface area contributed by atoms with Gasteiger partial charge in [0.25, 0.3) is 0 Å². The topological polar surface area (TPSA) is 49.4 Å². The minimum atomic E-state index is -0.260. The third kappa shape index (κ3) is 3.63. The molecule has 2 rings (SSSR count). The smallest absolute Gasteiger partial charge is 0.227 e. The minimum absolute atomic E-state index is 0.0228. The van der Waals surface area contributed by atoms with Gasteiger partial charge in [0.15, 0.2) is 0 Å². The monoisotopic (exact) mass is 288 g/mol. The second-order valence-electron chi connectivity index (χ2n) is 6.47. The van der Waals surface area contributed by atoms with Gasteiger partial charge in [-0.3, -0.25) is 9.59 Å². The normalized spacial score (nSPS) is 19.0. The van der Waals surface area contributed by atoms with Crippen LogP contribution in [0.15, 0.2) is 24.3 Å². The molecule has 0 unspecified atom stereocenters. The number of hydrogen-bond donors (Lipinski definition) is 1. The molecule has 1 saturated heterocycles. The van der Waals surface area contributed by atoms with Gasteiger partial charge in [-0.15, -0.1) is 0 Å². The molecule has 1 aliphatic heterocycles. The Hall–Kier alpha value is -1.84. The Morgan fingerprint density at radius 2 is 2.14 bits per heavy atom. The fourth-order valence-electron chi connectivity index (χ4n) is 2.45. The molecule has 1 heterocycles. The van der Waals surface area contributed by atoms with Crippen LogP contribution in [0.4, 0.5) is 5.69 Å². The van der Waals surface area contributed by atoms with Gasteiger partial charge < -0.3 is 10.2 Å². The summed E-state index contributed by atoms with van der Waals surface area (Å²) in [5, 5.41) is 3.03. The van der Waals surface area contributed by atoms with Gasteiger partial charge in [-0.2, -0.15) is 0 Å². The molecular weight excluding hydrogens is 264 g/mol. The van der Waals surface area contributed by atoms with Crippen molar-refractivity contribution in [2.45, 2.75) is 46.1 Å². The molecule has 21 heavy (non-hydrogen) atoms. The maximum atomic E-state index is 12.3. The van der Waals surface area contributed by atoms with E-state index < -0.39 is 0 Å². The van der Waals surface area contributed by atoms with E-state index >= 15 is 0 Å². The molecule has 0 bridgehead atoms. The summed E-state index contributed by atoms with van der Waals surface area (Å²) >= 11 is 0. The quantitative estimate of drug-likeness (QED) is 0.926.